The maximum absolute atomic E-state index is 11.1. The lowest BCUT2D eigenvalue weighted by Gasteiger charge is -2.12. The third-order valence-corrected chi connectivity index (χ3v) is 3.56. The molecule has 100 valence electrons. The number of aromatic amines is 1. The molecule has 1 aromatic heterocycles. The van der Waals surface area contributed by atoms with Gasteiger partial charge in [-0.25, -0.2) is 4.98 Å². The van der Waals surface area contributed by atoms with E-state index in [0.717, 1.165) is 0 Å². The fourth-order valence-corrected chi connectivity index (χ4v) is 2.54. The number of nitrogens with one attached hydrogen (secondary N) is 1. The monoisotopic (exact) mass is 274 g/mol. The van der Waals surface area contributed by atoms with Gasteiger partial charge in [0.15, 0.2) is 11.4 Å². The third kappa shape index (κ3) is 2.90. The zero-order valence-electron chi connectivity index (χ0n) is 9.65. The molecule has 1 saturated heterocycles. The van der Waals surface area contributed by atoms with Crippen LogP contribution in [0, 0.1) is 0 Å². The van der Waals surface area contributed by atoms with Gasteiger partial charge in [-0.05, 0) is 0 Å². The lowest BCUT2D eigenvalue weighted by atomic mass is 10.2. The molecule has 2 rings (SSSR count). The van der Waals surface area contributed by atoms with Crippen molar-refractivity contribution in [2.45, 2.75) is 29.8 Å². The maximum Gasteiger partial charge on any atom is 0.251 e. The summed E-state index contributed by atoms with van der Waals surface area (Å²) in [4.78, 5) is 17.6. The van der Waals surface area contributed by atoms with E-state index in [1.807, 2.05) is 0 Å². The Hall–Kier alpha value is -0.930. The molecule has 0 saturated carbocycles. The van der Waals surface area contributed by atoms with Crippen LogP contribution in [0.4, 0.5) is 0 Å². The SMILES string of the molecule is COC1OC(CSc2nccc(=O)[nH]2)C(O)C1O. The van der Waals surface area contributed by atoms with Crippen molar-refractivity contribution in [3.63, 3.8) is 0 Å². The first-order chi connectivity index (χ1) is 8.61. The molecule has 18 heavy (non-hydrogen) atoms. The number of hydrogen-bond donors (Lipinski definition) is 3. The summed E-state index contributed by atoms with van der Waals surface area (Å²) in [5.41, 5.74) is -0.241. The Morgan fingerprint density at radius 1 is 1.56 bits per heavy atom. The Morgan fingerprint density at radius 2 is 2.33 bits per heavy atom. The highest BCUT2D eigenvalue weighted by atomic mass is 32.2. The molecular formula is C10H14N2O5S. The molecule has 1 fully saturated rings. The Balaban J connectivity index is 1.93. The molecular weight excluding hydrogens is 260 g/mol. The molecule has 0 spiro atoms. The Morgan fingerprint density at radius 3 is 2.94 bits per heavy atom. The quantitative estimate of drug-likeness (QED) is 0.475. The van der Waals surface area contributed by atoms with Crippen molar-refractivity contribution >= 4 is 11.8 Å². The number of nitrogens with zero attached hydrogens (tertiary/aromatic N) is 1. The number of aliphatic hydroxyl groups is 2. The van der Waals surface area contributed by atoms with Crippen molar-refractivity contribution < 1.29 is 19.7 Å². The van der Waals surface area contributed by atoms with Crippen molar-refractivity contribution in [1.29, 1.82) is 0 Å². The van der Waals surface area contributed by atoms with Crippen molar-refractivity contribution in [2.24, 2.45) is 0 Å². The summed E-state index contributed by atoms with van der Waals surface area (Å²) in [6, 6.07) is 1.32. The van der Waals surface area contributed by atoms with E-state index in [1.54, 1.807) is 0 Å². The van der Waals surface area contributed by atoms with Crippen LogP contribution in [0.5, 0.6) is 0 Å². The van der Waals surface area contributed by atoms with Crippen LogP contribution in [0.1, 0.15) is 0 Å². The lowest BCUT2D eigenvalue weighted by molar-refractivity contribution is -0.145. The molecule has 0 aromatic carbocycles. The lowest BCUT2D eigenvalue weighted by Crippen LogP contribution is -2.33. The van der Waals surface area contributed by atoms with E-state index in [2.05, 4.69) is 9.97 Å². The summed E-state index contributed by atoms with van der Waals surface area (Å²) >= 11 is 1.23. The van der Waals surface area contributed by atoms with Gasteiger partial charge >= 0.3 is 0 Å². The van der Waals surface area contributed by atoms with Crippen LogP contribution < -0.4 is 5.56 Å². The zero-order chi connectivity index (χ0) is 13.1. The molecule has 0 radical (unpaired) electrons. The van der Waals surface area contributed by atoms with Crippen molar-refractivity contribution in [2.75, 3.05) is 12.9 Å². The number of ether oxygens (including phenoxy) is 2. The smallest absolute Gasteiger partial charge is 0.251 e. The van der Waals surface area contributed by atoms with Gasteiger partial charge in [0.2, 0.25) is 0 Å². The van der Waals surface area contributed by atoms with Gasteiger partial charge in [0, 0.05) is 25.1 Å². The fourth-order valence-electron chi connectivity index (χ4n) is 1.63. The molecule has 0 bridgehead atoms. The summed E-state index contributed by atoms with van der Waals surface area (Å²) in [6.45, 7) is 0. The Bertz CT molecular complexity index is 454. The summed E-state index contributed by atoms with van der Waals surface area (Å²) in [7, 11) is 1.40. The third-order valence-electron chi connectivity index (χ3n) is 2.58. The molecule has 3 N–H and O–H groups in total. The number of thioether (sulfide) groups is 1. The second-order valence-corrected chi connectivity index (χ2v) is 4.82. The fraction of sp³-hybridized carbons (Fsp3) is 0.600. The van der Waals surface area contributed by atoms with Gasteiger partial charge in [0.1, 0.15) is 12.2 Å². The number of aliphatic hydroxyl groups excluding tert-OH is 2. The van der Waals surface area contributed by atoms with Crippen LogP contribution >= 0.6 is 11.8 Å². The molecule has 4 atom stereocenters. The highest BCUT2D eigenvalue weighted by molar-refractivity contribution is 7.99. The number of rotatable bonds is 4. The predicted molar refractivity (Wildman–Crippen MR) is 63.3 cm³/mol. The van der Waals surface area contributed by atoms with Gasteiger partial charge in [0.25, 0.3) is 5.56 Å². The van der Waals surface area contributed by atoms with Gasteiger partial charge in [-0.15, -0.1) is 0 Å². The molecule has 0 amide bonds. The van der Waals surface area contributed by atoms with Crippen LogP contribution in [0.2, 0.25) is 0 Å². The van der Waals surface area contributed by atoms with Gasteiger partial charge < -0.3 is 24.7 Å². The molecule has 1 aliphatic rings. The van der Waals surface area contributed by atoms with E-state index in [1.165, 1.54) is 31.1 Å². The first-order valence-corrected chi connectivity index (χ1v) is 6.33. The van der Waals surface area contributed by atoms with E-state index in [-0.39, 0.29) is 5.56 Å². The summed E-state index contributed by atoms with van der Waals surface area (Å²) in [6.07, 6.45) is -2.07. The van der Waals surface area contributed by atoms with Crippen molar-refractivity contribution in [1.82, 2.24) is 9.97 Å². The number of H-pyrrole nitrogens is 1. The van der Waals surface area contributed by atoms with Crippen molar-refractivity contribution in [3.8, 4) is 0 Å². The average molecular weight is 274 g/mol. The van der Waals surface area contributed by atoms with Crippen LogP contribution in [-0.2, 0) is 9.47 Å². The standard InChI is InChI=1S/C10H14N2O5S/c1-16-9-8(15)7(14)5(17-9)4-18-10-11-3-2-6(13)12-10/h2-3,5,7-9,14-15H,4H2,1H3,(H,11,12,13). The van der Waals surface area contributed by atoms with Crippen LogP contribution in [0.3, 0.4) is 0 Å². The molecule has 1 aromatic rings. The van der Waals surface area contributed by atoms with Gasteiger partial charge in [0.05, 0.1) is 6.10 Å². The van der Waals surface area contributed by atoms with Crippen molar-refractivity contribution in [3.05, 3.63) is 22.6 Å². The minimum Gasteiger partial charge on any atom is -0.387 e. The van der Waals surface area contributed by atoms with E-state index in [4.69, 9.17) is 9.47 Å². The van der Waals surface area contributed by atoms with E-state index >= 15 is 0 Å². The predicted octanol–water partition coefficient (Wildman–Crippen LogP) is -1.04. The maximum atomic E-state index is 11.1. The Labute approximate surface area is 107 Å². The topological polar surface area (TPSA) is 105 Å². The second-order valence-electron chi connectivity index (χ2n) is 3.81. The van der Waals surface area contributed by atoms with E-state index in [9.17, 15) is 15.0 Å². The minimum absolute atomic E-state index is 0.241. The van der Waals surface area contributed by atoms with Gasteiger partial charge in [-0.3, -0.25) is 4.79 Å². The van der Waals surface area contributed by atoms with E-state index < -0.39 is 24.6 Å². The van der Waals surface area contributed by atoms with Gasteiger partial charge in [-0.1, -0.05) is 11.8 Å². The molecule has 1 aliphatic heterocycles. The highest BCUT2D eigenvalue weighted by Gasteiger charge is 2.42. The minimum atomic E-state index is -1.07. The molecule has 8 heteroatoms. The number of aromatic nitrogens is 2. The normalized spacial score (nSPS) is 31.7. The highest BCUT2D eigenvalue weighted by Crippen LogP contribution is 2.26. The van der Waals surface area contributed by atoms with Crippen LogP contribution in [0.15, 0.2) is 22.2 Å². The second kappa shape index (κ2) is 5.81. The van der Waals surface area contributed by atoms with Crippen LogP contribution in [0.25, 0.3) is 0 Å². The van der Waals surface area contributed by atoms with Gasteiger partial charge in [-0.2, -0.15) is 0 Å². The summed E-state index contributed by atoms with van der Waals surface area (Å²) < 4.78 is 10.2. The first-order valence-electron chi connectivity index (χ1n) is 5.34. The molecule has 0 aliphatic carbocycles. The largest absolute Gasteiger partial charge is 0.387 e. The first kappa shape index (κ1) is 13.5. The number of methoxy groups -OCH3 is 1. The summed E-state index contributed by atoms with van der Waals surface area (Å²) in [5.74, 6) is 0.352. The molecule has 4 unspecified atom stereocenters. The summed E-state index contributed by atoms with van der Waals surface area (Å²) in [5, 5.41) is 19.8. The molecule has 2 heterocycles. The Kier molecular flexibility index (Phi) is 4.36. The zero-order valence-corrected chi connectivity index (χ0v) is 10.5. The average Bonchev–Trinajstić information content (AvgIpc) is 2.64. The molecule has 7 nitrogen and oxygen atoms in total. The van der Waals surface area contributed by atoms with E-state index in [0.29, 0.717) is 10.9 Å². The number of hydrogen-bond acceptors (Lipinski definition) is 7. The van der Waals surface area contributed by atoms with Crippen LogP contribution in [-0.4, -0.2) is 57.6 Å².